The highest BCUT2D eigenvalue weighted by molar-refractivity contribution is 7.80. The molecule has 2 rings (SSSR count). The van der Waals surface area contributed by atoms with Crippen LogP contribution in [0.5, 0.6) is 0 Å². The van der Waals surface area contributed by atoms with E-state index in [2.05, 4.69) is 15.5 Å². The number of para-hydroxylation sites is 1. The topological polar surface area (TPSA) is 65.4 Å². The van der Waals surface area contributed by atoms with Gasteiger partial charge in [0.25, 0.3) is 5.56 Å². The molecule has 0 aliphatic rings. The average Bonchev–Trinajstić information content (AvgIpc) is 2.79. The van der Waals surface area contributed by atoms with Crippen molar-refractivity contribution in [3.8, 4) is 5.69 Å². The molecule has 6 nitrogen and oxygen atoms in total. The molecule has 0 unspecified atom stereocenters. The van der Waals surface area contributed by atoms with Crippen molar-refractivity contribution in [1.82, 2.24) is 20.1 Å². The average molecular weight is 303 g/mol. The predicted molar refractivity (Wildman–Crippen MR) is 88.1 cm³/mol. The van der Waals surface area contributed by atoms with Crippen LogP contribution in [0.3, 0.4) is 0 Å². The minimum absolute atomic E-state index is 0.147. The molecule has 0 bridgehead atoms. The van der Waals surface area contributed by atoms with E-state index < -0.39 is 0 Å². The number of nitrogens with one attached hydrogen (secondary N) is 2. The number of nitrogens with zero attached hydrogens (tertiary/aromatic N) is 3. The molecular formula is C14H17N5OS. The molecule has 0 saturated carbocycles. The van der Waals surface area contributed by atoms with Gasteiger partial charge in [-0.1, -0.05) is 18.2 Å². The Morgan fingerprint density at radius 3 is 2.71 bits per heavy atom. The number of benzene rings is 1. The molecule has 0 spiro atoms. The van der Waals surface area contributed by atoms with Gasteiger partial charge < -0.3 is 5.32 Å². The molecule has 0 amide bonds. The molecule has 0 radical (unpaired) electrons. The van der Waals surface area contributed by atoms with E-state index in [0.29, 0.717) is 10.7 Å². The number of hydrazone groups is 1. The van der Waals surface area contributed by atoms with Crippen molar-refractivity contribution in [3.63, 3.8) is 0 Å². The minimum Gasteiger partial charge on any atom is -0.364 e. The van der Waals surface area contributed by atoms with Crippen LogP contribution in [0.25, 0.3) is 5.69 Å². The maximum absolute atomic E-state index is 12.4. The molecular weight excluding hydrogens is 286 g/mol. The van der Waals surface area contributed by atoms with Gasteiger partial charge in [-0.2, -0.15) is 5.10 Å². The second-order valence-electron chi connectivity index (χ2n) is 4.45. The standard InChI is InChI=1S/C14H17N5OS/c1-10-12(9-16-18(3)14(21)15-2)13(20)19(17-10)11-7-5-4-6-8-11/h4-9,17H,1-3H3,(H,15,21). The molecule has 0 aliphatic heterocycles. The molecule has 1 aromatic carbocycles. The fourth-order valence-corrected chi connectivity index (χ4v) is 1.88. The second kappa shape index (κ2) is 6.36. The van der Waals surface area contributed by atoms with Crippen molar-refractivity contribution in [2.75, 3.05) is 14.1 Å². The van der Waals surface area contributed by atoms with Crippen LogP contribution in [-0.2, 0) is 0 Å². The van der Waals surface area contributed by atoms with E-state index in [1.54, 1.807) is 14.1 Å². The Morgan fingerprint density at radius 2 is 2.10 bits per heavy atom. The number of H-pyrrole nitrogens is 1. The van der Waals surface area contributed by atoms with Crippen molar-refractivity contribution >= 4 is 23.5 Å². The summed E-state index contributed by atoms with van der Waals surface area (Å²) in [6, 6.07) is 9.39. The first kappa shape index (κ1) is 15.0. The van der Waals surface area contributed by atoms with Crippen LogP contribution in [0.15, 0.2) is 40.2 Å². The van der Waals surface area contributed by atoms with Gasteiger partial charge in [0, 0.05) is 19.8 Å². The Bertz CT molecular complexity index is 717. The Balaban J connectivity index is 2.35. The molecule has 110 valence electrons. The first-order valence-corrected chi connectivity index (χ1v) is 6.82. The predicted octanol–water partition coefficient (Wildman–Crippen LogP) is 1.24. The number of thiocarbonyl (C=S) groups is 1. The lowest BCUT2D eigenvalue weighted by atomic mass is 10.3. The summed E-state index contributed by atoms with van der Waals surface area (Å²) in [7, 11) is 3.44. The molecule has 21 heavy (non-hydrogen) atoms. The van der Waals surface area contributed by atoms with Crippen molar-refractivity contribution in [1.29, 1.82) is 0 Å². The van der Waals surface area contributed by atoms with Crippen LogP contribution in [0.2, 0.25) is 0 Å². The Labute approximate surface area is 128 Å². The summed E-state index contributed by atoms with van der Waals surface area (Å²) in [6.07, 6.45) is 1.51. The summed E-state index contributed by atoms with van der Waals surface area (Å²) >= 11 is 5.05. The SMILES string of the molecule is CNC(=S)N(C)N=Cc1c(C)[nH]n(-c2ccccc2)c1=O. The van der Waals surface area contributed by atoms with Gasteiger partial charge in [0.2, 0.25) is 0 Å². The molecule has 0 saturated heterocycles. The maximum Gasteiger partial charge on any atom is 0.280 e. The van der Waals surface area contributed by atoms with Crippen LogP contribution in [0.4, 0.5) is 0 Å². The van der Waals surface area contributed by atoms with Crippen LogP contribution in [-0.4, -0.2) is 40.2 Å². The number of rotatable bonds is 3. The highest BCUT2D eigenvalue weighted by Crippen LogP contribution is 2.05. The van der Waals surface area contributed by atoms with Gasteiger partial charge in [-0.3, -0.25) is 9.89 Å². The fraction of sp³-hybridized carbons (Fsp3) is 0.214. The zero-order valence-corrected chi connectivity index (χ0v) is 12.9. The summed E-state index contributed by atoms with van der Waals surface area (Å²) in [5, 5.41) is 12.0. The van der Waals surface area contributed by atoms with E-state index in [4.69, 9.17) is 12.2 Å². The fourth-order valence-electron chi connectivity index (χ4n) is 1.83. The van der Waals surface area contributed by atoms with Crippen LogP contribution < -0.4 is 10.9 Å². The summed E-state index contributed by atoms with van der Waals surface area (Å²) in [6.45, 7) is 1.83. The van der Waals surface area contributed by atoms with E-state index in [9.17, 15) is 4.79 Å². The molecule has 0 fully saturated rings. The number of hydrogen-bond donors (Lipinski definition) is 2. The van der Waals surface area contributed by atoms with E-state index in [0.717, 1.165) is 11.4 Å². The van der Waals surface area contributed by atoms with Crippen molar-refractivity contribution in [2.24, 2.45) is 5.10 Å². The van der Waals surface area contributed by atoms with Gasteiger partial charge >= 0.3 is 0 Å². The summed E-state index contributed by atoms with van der Waals surface area (Å²) < 4.78 is 1.49. The number of aromatic amines is 1. The molecule has 1 heterocycles. The van der Waals surface area contributed by atoms with Crippen molar-refractivity contribution in [3.05, 3.63) is 51.9 Å². The number of aromatic nitrogens is 2. The largest absolute Gasteiger partial charge is 0.364 e. The van der Waals surface area contributed by atoms with Crippen molar-refractivity contribution in [2.45, 2.75) is 6.92 Å². The summed E-state index contributed by atoms with van der Waals surface area (Å²) in [4.78, 5) is 12.4. The van der Waals surface area contributed by atoms with Gasteiger partial charge in [0.1, 0.15) is 0 Å². The van der Waals surface area contributed by atoms with Crippen LogP contribution in [0.1, 0.15) is 11.3 Å². The lowest BCUT2D eigenvalue weighted by Crippen LogP contribution is -2.31. The van der Waals surface area contributed by atoms with E-state index >= 15 is 0 Å². The minimum atomic E-state index is -0.147. The Kier molecular flexibility index (Phi) is 4.54. The summed E-state index contributed by atoms with van der Waals surface area (Å²) in [5.74, 6) is 0. The highest BCUT2D eigenvalue weighted by Gasteiger charge is 2.10. The first-order chi connectivity index (χ1) is 10.0. The van der Waals surface area contributed by atoms with E-state index in [-0.39, 0.29) is 5.56 Å². The number of hydrogen-bond acceptors (Lipinski definition) is 3. The van der Waals surface area contributed by atoms with Gasteiger partial charge in [0.05, 0.1) is 17.5 Å². The quantitative estimate of drug-likeness (QED) is 0.509. The molecule has 0 aliphatic carbocycles. The lowest BCUT2D eigenvalue weighted by molar-refractivity contribution is 0.540. The molecule has 2 aromatic rings. The molecule has 2 N–H and O–H groups in total. The number of aryl methyl sites for hydroxylation is 1. The zero-order valence-electron chi connectivity index (χ0n) is 12.1. The van der Waals surface area contributed by atoms with Crippen molar-refractivity contribution < 1.29 is 0 Å². The van der Waals surface area contributed by atoms with Gasteiger partial charge in [-0.15, -0.1) is 0 Å². The van der Waals surface area contributed by atoms with E-state index in [1.807, 2.05) is 37.3 Å². The third kappa shape index (κ3) is 3.19. The second-order valence-corrected chi connectivity index (χ2v) is 4.84. The van der Waals surface area contributed by atoms with Gasteiger partial charge in [-0.05, 0) is 31.3 Å². The smallest absolute Gasteiger partial charge is 0.280 e. The highest BCUT2D eigenvalue weighted by atomic mass is 32.1. The zero-order chi connectivity index (χ0) is 15.4. The Morgan fingerprint density at radius 1 is 1.43 bits per heavy atom. The van der Waals surface area contributed by atoms with E-state index in [1.165, 1.54) is 15.9 Å². The monoisotopic (exact) mass is 303 g/mol. The molecule has 1 aromatic heterocycles. The maximum atomic E-state index is 12.4. The third-order valence-electron chi connectivity index (χ3n) is 3.00. The molecule has 0 atom stereocenters. The van der Waals surface area contributed by atoms with Gasteiger partial charge in [0.15, 0.2) is 5.11 Å². The Hall–Kier alpha value is -2.41. The summed E-state index contributed by atoms with van der Waals surface area (Å²) in [5.41, 5.74) is 1.89. The van der Waals surface area contributed by atoms with Crippen LogP contribution >= 0.6 is 12.2 Å². The third-order valence-corrected chi connectivity index (χ3v) is 3.47. The lowest BCUT2D eigenvalue weighted by Gasteiger charge is -2.12. The normalized spacial score (nSPS) is 10.8. The van der Waals surface area contributed by atoms with Gasteiger partial charge in [-0.25, -0.2) is 9.69 Å². The van der Waals surface area contributed by atoms with Crippen LogP contribution in [0, 0.1) is 6.92 Å². The first-order valence-electron chi connectivity index (χ1n) is 6.41. The molecule has 7 heteroatoms.